The van der Waals surface area contributed by atoms with Crippen LogP contribution in [-0.2, 0) is 4.74 Å². The third-order valence-corrected chi connectivity index (χ3v) is 4.54. The Bertz CT molecular complexity index is 519. The molecule has 0 amide bonds. The Morgan fingerprint density at radius 2 is 2.17 bits per heavy atom. The zero-order chi connectivity index (χ0) is 13.2. The van der Waals surface area contributed by atoms with Crippen LogP contribution in [0.2, 0.25) is 25.7 Å². The molecule has 1 unspecified atom stereocenters. The molecule has 0 aliphatic heterocycles. The van der Waals surface area contributed by atoms with Gasteiger partial charge in [0, 0.05) is 32.5 Å². The van der Waals surface area contributed by atoms with E-state index in [2.05, 4.69) is 24.6 Å². The number of hydrogen-bond donors (Lipinski definition) is 1. The van der Waals surface area contributed by atoms with E-state index in [1.807, 2.05) is 18.2 Å². The van der Waals surface area contributed by atoms with Gasteiger partial charge in [-0.2, -0.15) is 0 Å². The molecule has 2 aromatic rings. The van der Waals surface area contributed by atoms with Crippen molar-refractivity contribution in [3.05, 3.63) is 30.6 Å². The van der Waals surface area contributed by atoms with Crippen LogP contribution >= 0.6 is 0 Å². The van der Waals surface area contributed by atoms with Crippen LogP contribution < -0.4 is 0 Å². The number of hydrogen-bond acceptors (Lipinski definition) is 3. The number of ether oxygens (including phenoxy) is 1. The molecule has 98 valence electrons. The van der Waals surface area contributed by atoms with Crippen molar-refractivity contribution in [2.45, 2.75) is 32.1 Å². The highest BCUT2D eigenvalue weighted by atomic mass is 28.3. The van der Waals surface area contributed by atoms with Gasteiger partial charge in [0.05, 0.1) is 0 Å². The normalized spacial score (nSPS) is 14.0. The fraction of sp³-hybridized carbons (Fsp3) is 0.462. The Hall–Kier alpha value is -1.17. The van der Waals surface area contributed by atoms with E-state index in [0.717, 1.165) is 17.1 Å². The number of aliphatic hydroxyl groups is 1. The molecule has 0 spiro atoms. The molecule has 0 saturated heterocycles. The fourth-order valence-electron chi connectivity index (χ4n) is 1.72. The molecule has 0 radical (unpaired) electrons. The predicted molar refractivity (Wildman–Crippen MR) is 75.1 cm³/mol. The lowest BCUT2D eigenvalue weighted by Gasteiger charge is -2.18. The van der Waals surface area contributed by atoms with Crippen molar-refractivity contribution in [1.29, 1.82) is 0 Å². The number of aliphatic hydroxyl groups excluding tert-OH is 1. The van der Waals surface area contributed by atoms with Gasteiger partial charge >= 0.3 is 0 Å². The van der Waals surface area contributed by atoms with Gasteiger partial charge in [-0.15, -0.1) is 0 Å². The van der Waals surface area contributed by atoms with Crippen LogP contribution in [0.4, 0.5) is 0 Å². The average Bonchev–Trinajstić information content (AvgIpc) is 2.70. The lowest BCUT2D eigenvalue weighted by Crippen LogP contribution is -2.23. The molecule has 5 heteroatoms. The van der Waals surface area contributed by atoms with Crippen molar-refractivity contribution in [2.75, 3.05) is 6.61 Å². The summed E-state index contributed by atoms with van der Waals surface area (Å²) in [4.78, 5) is 4.25. The van der Waals surface area contributed by atoms with Gasteiger partial charge in [-0.25, -0.2) is 4.98 Å². The minimum Gasteiger partial charge on any atom is -0.351 e. The van der Waals surface area contributed by atoms with E-state index in [1.54, 1.807) is 17.0 Å². The van der Waals surface area contributed by atoms with E-state index in [-0.39, 0.29) is 0 Å². The highest BCUT2D eigenvalue weighted by Gasteiger charge is 2.15. The van der Waals surface area contributed by atoms with E-state index < -0.39 is 14.5 Å². The van der Waals surface area contributed by atoms with Crippen LogP contribution in [0.5, 0.6) is 0 Å². The first kappa shape index (κ1) is 13.3. The zero-order valence-corrected chi connectivity index (χ0v) is 12.1. The van der Waals surface area contributed by atoms with Crippen LogP contribution in [0.1, 0.15) is 6.41 Å². The molecule has 1 N–H and O–H groups in total. The third-order valence-electron chi connectivity index (χ3n) is 2.83. The van der Waals surface area contributed by atoms with Gasteiger partial charge in [0.15, 0.2) is 0 Å². The quantitative estimate of drug-likeness (QED) is 0.667. The van der Waals surface area contributed by atoms with Gasteiger partial charge in [0.25, 0.3) is 0 Å². The van der Waals surface area contributed by atoms with Crippen LogP contribution in [-0.4, -0.2) is 29.3 Å². The zero-order valence-electron chi connectivity index (χ0n) is 11.1. The van der Waals surface area contributed by atoms with Gasteiger partial charge in [-0.05, 0) is 24.2 Å². The Morgan fingerprint density at radius 3 is 2.89 bits per heavy atom. The first-order valence-electron chi connectivity index (χ1n) is 6.19. The van der Waals surface area contributed by atoms with Crippen molar-refractivity contribution in [3.8, 4) is 0 Å². The second kappa shape index (κ2) is 5.22. The first-order valence-corrected chi connectivity index (χ1v) is 9.89. The summed E-state index contributed by atoms with van der Waals surface area (Å²) >= 11 is 0. The second-order valence-electron chi connectivity index (χ2n) is 5.65. The fourth-order valence-corrected chi connectivity index (χ4v) is 2.45. The molecular formula is C13H20N2O2Si. The molecule has 4 nitrogen and oxygen atoms in total. The van der Waals surface area contributed by atoms with Crippen molar-refractivity contribution in [1.82, 2.24) is 9.55 Å². The molecule has 2 rings (SSSR count). The summed E-state index contributed by atoms with van der Waals surface area (Å²) in [5.41, 5.74) is 0.748. The third kappa shape index (κ3) is 3.19. The van der Waals surface area contributed by atoms with E-state index in [1.165, 1.54) is 0 Å². The summed E-state index contributed by atoms with van der Waals surface area (Å²) in [7, 11) is -1.12. The van der Waals surface area contributed by atoms with Crippen LogP contribution in [0.25, 0.3) is 11.0 Å². The standard InChI is InChI=1S/C13H20N2O2Si/c1-18(2,3)10-9-17-13(16)15-8-6-11-5-4-7-14-12(11)15/h4-8,13,16H,9-10H2,1-3H3. The highest BCUT2D eigenvalue weighted by molar-refractivity contribution is 6.76. The van der Waals surface area contributed by atoms with Gasteiger partial charge in [0.2, 0.25) is 6.41 Å². The van der Waals surface area contributed by atoms with Crippen LogP contribution in [0, 0.1) is 0 Å². The number of rotatable bonds is 5. The molecule has 1 atom stereocenters. The number of fused-ring (bicyclic) bond motifs is 1. The van der Waals surface area contributed by atoms with Crippen molar-refractivity contribution in [3.63, 3.8) is 0 Å². The van der Waals surface area contributed by atoms with Gasteiger partial charge < -0.3 is 9.84 Å². The maximum Gasteiger partial charge on any atom is 0.243 e. The summed E-state index contributed by atoms with van der Waals surface area (Å²) in [5.74, 6) is 0. The Morgan fingerprint density at radius 1 is 1.39 bits per heavy atom. The molecule has 2 heterocycles. The second-order valence-corrected chi connectivity index (χ2v) is 11.3. The Kier molecular flexibility index (Phi) is 3.84. The van der Waals surface area contributed by atoms with E-state index >= 15 is 0 Å². The van der Waals surface area contributed by atoms with E-state index in [9.17, 15) is 5.11 Å². The maximum absolute atomic E-state index is 10.0. The molecule has 2 aromatic heterocycles. The molecule has 0 bridgehead atoms. The summed E-state index contributed by atoms with van der Waals surface area (Å²) < 4.78 is 7.14. The molecule has 0 aromatic carbocycles. The summed E-state index contributed by atoms with van der Waals surface area (Å²) in [6, 6.07) is 6.81. The smallest absolute Gasteiger partial charge is 0.243 e. The Balaban J connectivity index is 2.03. The van der Waals surface area contributed by atoms with Crippen molar-refractivity contribution >= 4 is 19.1 Å². The van der Waals surface area contributed by atoms with Crippen LogP contribution in [0.15, 0.2) is 30.6 Å². The highest BCUT2D eigenvalue weighted by Crippen LogP contribution is 2.18. The largest absolute Gasteiger partial charge is 0.351 e. The minimum atomic E-state index is -1.12. The topological polar surface area (TPSA) is 47.3 Å². The minimum absolute atomic E-state index is 0.587. The predicted octanol–water partition coefficient (Wildman–Crippen LogP) is 2.84. The SMILES string of the molecule is C[Si](C)(C)CCOC(O)n1ccc2cccnc21. The number of pyridine rings is 1. The molecule has 0 aliphatic carbocycles. The number of nitrogens with zero attached hydrogens (tertiary/aromatic N) is 2. The monoisotopic (exact) mass is 264 g/mol. The van der Waals surface area contributed by atoms with Crippen molar-refractivity contribution < 1.29 is 9.84 Å². The van der Waals surface area contributed by atoms with Gasteiger partial charge in [-0.3, -0.25) is 4.57 Å². The molecule has 0 saturated carbocycles. The Labute approximate surface area is 108 Å². The maximum atomic E-state index is 10.0. The first-order chi connectivity index (χ1) is 8.47. The molecular weight excluding hydrogens is 244 g/mol. The van der Waals surface area contributed by atoms with Crippen molar-refractivity contribution in [2.24, 2.45) is 0 Å². The lowest BCUT2D eigenvalue weighted by atomic mass is 10.3. The molecule has 18 heavy (non-hydrogen) atoms. The van der Waals surface area contributed by atoms with Crippen LogP contribution in [0.3, 0.4) is 0 Å². The summed E-state index contributed by atoms with van der Waals surface area (Å²) in [6.45, 7) is 7.45. The van der Waals surface area contributed by atoms with E-state index in [4.69, 9.17) is 4.74 Å². The van der Waals surface area contributed by atoms with Gasteiger partial charge in [0.1, 0.15) is 5.65 Å². The number of aromatic nitrogens is 2. The average molecular weight is 264 g/mol. The lowest BCUT2D eigenvalue weighted by molar-refractivity contribution is -0.146. The van der Waals surface area contributed by atoms with E-state index in [0.29, 0.717) is 6.61 Å². The summed E-state index contributed by atoms with van der Waals surface area (Å²) in [6.07, 6.45) is 2.57. The van der Waals surface area contributed by atoms with Gasteiger partial charge in [-0.1, -0.05) is 19.6 Å². The molecule has 0 aliphatic rings. The summed E-state index contributed by atoms with van der Waals surface area (Å²) in [5, 5.41) is 11.0. The molecule has 0 fully saturated rings.